The third kappa shape index (κ3) is 3.06. The summed E-state index contributed by atoms with van der Waals surface area (Å²) in [6.45, 7) is 4.02. The van der Waals surface area contributed by atoms with Gasteiger partial charge in [0.1, 0.15) is 0 Å². The van der Waals surface area contributed by atoms with Crippen LogP contribution in [0.2, 0.25) is 0 Å². The van der Waals surface area contributed by atoms with E-state index in [2.05, 4.69) is 29.8 Å². The van der Waals surface area contributed by atoms with Crippen molar-refractivity contribution in [3.05, 3.63) is 93.8 Å². The van der Waals surface area contributed by atoms with Crippen molar-refractivity contribution in [2.75, 3.05) is 10.7 Å². The molecule has 148 valence electrons. The van der Waals surface area contributed by atoms with E-state index in [1.807, 2.05) is 31.2 Å². The van der Waals surface area contributed by atoms with E-state index in [-0.39, 0.29) is 11.5 Å². The highest BCUT2D eigenvalue weighted by molar-refractivity contribution is 7.99. The van der Waals surface area contributed by atoms with Crippen LogP contribution in [0.25, 0.3) is 10.9 Å². The highest BCUT2D eigenvalue weighted by Gasteiger charge is 2.20. The lowest BCUT2D eigenvalue weighted by molar-refractivity contribution is 0.101. The Hall–Kier alpha value is -3.51. The molecule has 0 radical (unpaired) electrons. The minimum Gasteiger partial charge on any atom is -0.354 e. The average Bonchev–Trinajstić information content (AvgIpc) is 2.75. The lowest BCUT2D eigenvalue weighted by atomic mass is 10.1. The zero-order valence-electron chi connectivity index (χ0n) is 16.5. The Morgan fingerprint density at radius 1 is 0.933 bits per heavy atom. The van der Waals surface area contributed by atoms with Gasteiger partial charge in [-0.15, -0.1) is 0 Å². The maximum Gasteiger partial charge on any atom is 0.270 e. The minimum absolute atomic E-state index is 0.274. The molecular formula is C24H19N3O2S. The molecule has 1 aromatic heterocycles. The molecule has 6 heteroatoms. The van der Waals surface area contributed by atoms with Crippen molar-refractivity contribution in [2.45, 2.75) is 23.6 Å². The summed E-state index contributed by atoms with van der Waals surface area (Å²) in [4.78, 5) is 27.7. The molecule has 3 aromatic carbocycles. The zero-order valence-corrected chi connectivity index (χ0v) is 17.3. The summed E-state index contributed by atoms with van der Waals surface area (Å²) < 4.78 is 1.33. The number of rotatable bonds is 2. The van der Waals surface area contributed by atoms with Gasteiger partial charge in [0.05, 0.1) is 16.9 Å². The summed E-state index contributed by atoms with van der Waals surface area (Å²) in [5.41, 5.74) is 7.69. The van der Waals surface area contributed by atoms with Gasteiger partial charge < -0.3 is 5.32 Å². The van der Waals surface area contributed by atoms with E-state index in [0.717, 1.165) is 27.2 Å². The summed E-state index contributed by atoms with van der Waals surface area (Å²) in [6.07, 6.45) is 0. The number of hydrogen-bond acceptors (Lipinski definition) is 4. The molecule has 0 aliphatic carbocycles. The molecule has 5 nitrogen and oxygen atoms in total. The standard InChI is InChI=1S/C24H19N3O2S/c1-14-7-6-10-18-23(14)30-21-12-17-15(2)11-22(28)27(20(17)13-19(21)25-18)26-24(29)16-8-4-3-5-9-16/h3-13,25H,1-2H3,(H,26,29). The lowest BCUT2D eigenvalue weighted by Gasteiger charge is -2.24. The monoisotopic (exact) mass is 413 g/mol. The van der Waals surface area contributed by atoms with E-state index in [9.17, 15) is 9.59 Å². The molecule has 2 N–H and O–H groups in total. The van der Waals surface area contributed by atoms with E-state index in [0.29, 0.717) is 11.1 Å². The number of benzene rings is 3. The second kappa shape index (κ2) is 7.07. The van der Waals surface area contributed by atoms with Gasteiger partial charge in [-0.1, -0.05) is 42.1 Å². The van der Waals surface area contributed by atoms with Crippen molar-refractivity contribution < 1.29 is 4.79 Å². The molecule has 1 aliphatic heterocycles. The SMILES string of the molecule is Cc1cccc2c1Sc1cc3c(C)cc(=O)n(NC(=O)c4ccccc4)c3cc1N2. The van der Waals surface area contributed by atoms with Crippen LogP contribution in [0.15, 0.2) is 81.3 Å². The highest BCUT2D eigenvalue weighted by atomic mass is 32.2. The lowest BCUT2D eigenvalue weighted by Crippen LogP contribution is -2.33. The van der Waals surface area contributed by atoms with Crippen LogP contribution in [-0.4, -0.2) is 10.6 Å². The first kappa shape index (κ1) is 18.5. The fourth-order valence-electron chi connectivity index (χ4n) is 3.71. The summed E-state index contributed by atoms with van der Waals surface area (Å²) in [6, 6.07) is 20.6. The predicted molar refractivity (Wildman–Crippen MR) is 122 cm³/mol. The van der Waals surface area contributed by atoms with Gasteiger partial charge in [-0.25, -0.2) is 4.68 Å². The highest BCUT2D eigenvalue weighted by Crippen LogP contribution is 2.46. The Morgan fingerprint density at radius 3 is 2.53 bits per heavy atom. The van der Waals surface area contributed by atoms with Gasteiger partial charge in [0.25, 0.3) is 11.5 Å². The molecule has 0 fully saturated rings. The molecule has 5 rings (SSSR count). The number of amides is 1. The summed E-state index contributed by atoms with van der Waals surface area (Å²) in [7, 11) is 0. The maximum absolute atomic E-state index is 12.8. The predicted octanol–water partition coefficient (Wildman–Crippen LogP) is 5.21. The Kier molecular flexibility index (Phi) is 4.37. The van der Waals surface area contributed by atoms with Gasteiger partial charge in [0, 0.05) is 26.8 Å². The molecule has 0 saturated carbocycles. The Morgan fingerprint density at radius 2 is 1.73 bits per heavy atom. The van der Waals surface area contributed by atoms with Crippen LogP contribution in [0.4, 0.5) is 11.4 Å². The van der Waals surface area contributed by atoms with Crippen LogP contribution in [0.3, 0.4) is 0 Å². The summed E-state index contributed by atoms with van der Waals surface area (Å²) in [5.74, 6) is -0.330. The van der Waals surface area contributed by atoms with E-state index >= 15 is 0 Å². The molecule has 0 spiro atoms. The quantitative estimate of drug-likeness (QED) is 0.417. The molecule has 0 saturated heterocycles. The van der Waals surface area contributed by atoms with Crippen molar-refractivity contribution >= 4 is 39.9 Å². The number of hydrogen-bond donors (Lipinski definition) is 2. The number of aryl methyl sites for hydroxylation is 2. The normalized spacial score (nSPS) is 12.1. The number of carbonyl (C=O) groups excluding carboxylic acids is 1. The van der Waals surface area contributed by atoms with E-state index in [4.69, 9.17) is 0 Å². The molecule has 1 amide bonds. The zero-order chi connectivity index (χ0) is 20.8. The van der Waals surface area contributed by atoms with Crippen LogP contribution in [0.5, 0.6) is 0 Å². The molecule has 1 aliphatic rings. The van der Waals surface area contributed by atoms with Gasteiger partial charge in [-0.05, 0) is 55.3 Å². The van der Waals surface area contributed by atoms with Gasteiger partial charge in [-0.3, -0.25) is 15.0 Å². The summed E-state index contributed by atoms with van der Waals surface area (Å²) >= 11 is 1.72. The molecule has 30 heavy (non-hydrogen) atoms. The molecule has 4 aromatic rings. The summed E-state index contributed by atoms with van der Waals surface area (Å²) in [5, 5.41) is 4.40. The number of nitrogens with zero attached hydrogens (tertiary/aromatic N) is 1. The van der Waals surface area contributed by atoms with Crippen molar-refractivity contribution in [1.29, 1.82) is 0 Å². The third-order valence-corrected chi connectivity index (χ3v) is 6.57. The van der Waals surface area contributed by atoms with Crippen molar-refractivity contribution in [3.8, 4) is 0 Å². The Labute approximate surface area is 177 Å². The van der Waals surface area contributed by atoms with Crippen LogP contribution in [-0.2, 0) is 0 Å². The maximum atomic E-state index is 12.8. The fourth-order valence-corrected chi connectivity index (χ4v) is 4.78. The number of nitrogens with one attached hydrogen (secondary N) is 2. The van der Waals surface area contributed by atoms with Crippen molar-refractivity contribution in [3.63, 3.8) is 0 Å². The van der Waals surface area contributed by atoms with Crippen LogP contribution in [0.1, 0.15) is 21.5 Å². The van der Waals surface area contributed by atoms with Crippen LogP contribution in [0, 0.1) is 13.8 Å². The van der Waals surface area contributed by atoms with Gasteiger partial charge in [0.15, 0.2) is 0 Å². The first-order valence-corrected chi connectivity index (χ1v) is 10.4. The van der Waals surface area contributed by atoms with Gasteiger partial charge in [0.2, 0.25) is 0 Å². The number of pyridine rings is 1. The average molecular weight is 414 g/mol. The number of anilines is 2. The second-order valence-electron chi connectivity index (χ2n) is 7.35. The minimum atomic E-state index is -0.330. The molecule has 0 unspecified atom stereocenters. The second-order valence-corrected chi connectivity index (χ2v) is 8.40. The third-order valence-electron chi connectivity index (χ3n) is 5.27. The number of carbonyl (C=O) groups is 1. The Bertz CT molecular complexity index is 1380. The molecule has 2 heterocycles. The largest absolute Gasteiger partial charge is 0.354 e. The van der Waals surface area contributed by atoms with Crippen LogP contribution >= 0.6 is 11.8 Å². The van der Waals surface area contributed by atoms with E-state index in [1.165, 1.54) is 15.1 Å². The van der Waals surface area contributed by atoms with Crippen LogP contribution < -0.4 is 16.3 Å². The smallest absolute Gasteiger partial charge is 0.270 e. The first-order valence-electron chi connectivity index (χ1n) is 9.62. The number of fused-ring (bicyclic) bond motifs is 3. The fraction of sp³-hybridized carbons (Fsp3) is 0.0833. The first-order chi connectivity index (χ1) is 14.5. The van der Waals surface area contributed by atoms with Crippen molar-refractivity contribution in [1.82, 2.24) is 4.68 Å². The van der Waals surface area contributed by atoms with E-state index < -0.39 is 0 Å². The van der Waals surface area contributed by atoms with Gasteiger partial charge in [-0.2, -0.15) is 0 Å². The molecule has 0 atom stereocenters. The topological polar surface area (TPSA) is 63.1 Å². The van der Waals surface area contributed by atoms with E-state index in [1.54, 1.807) is 42.1 Å². The molecular weight excluding hydrogens is 394 g/mol. The number of aromatic nitrogens is 1. The molecule has 0 bridgehead atoms. The van der Waals surface area contributed by atoms with Gasteiger partial charge >= 0.3 is 0 Å². The van der Waals surface area contributed by atoms with Crippen molar-refractivity contribution in [2.24, 2.45) is 0 Å². The Balaban J connectivity index is 1.64.